The molecule has 0 spiro atoms. The largest absolute Gasteiger partial charge is 0.489 e. The zero-order valence-electron chi connectivity index (χ0n) is 18.7. The van der Waals surface area contributed by atoms with Crippen molar-refractivity contribution in [2.75, 3.05) is 31.6 Å². The van der Waals surface area contributed by atoms with Gasteiger partial charge in [0.25, 0.3) is 5.91 Å². The summed E-state index contributed by atoms with van der Waals surface area (Å²) in [5.74, 6) is 0.0606. The standard InChI is InChI=1S/C24H29ClN2O5S/c1-17-7-9-20(33(29,30)27-11-3-2-4-12-27)15-21(17)24(28)26-22-14-18(25)8-10-23(22)32-16-19-6-5-13-31-19/h7-10,14-15,19H,2-6,11-13,16H2,1H3,(H,26,28). The van der Waals surface area contributed by atoms with Gasteiger partial charge in [0.15, 0.2) is 0 Å². The molecule has 0 aliphatic carbocycles. The lowest BCUT2D eigenvalue weighted by Gasteiger charge is -2.26. The van der Waals surface area contributed by atoms with Gasteiger partial charge in [-0.25, -0.2) is 8.42 Å². The Morgan fingerprint density at radius 3 is 2.67 bits per heavy atom. The maximum atomic E-state index is 13.2. The van der Waals surface area contributed by atoms with Gasteiger partial charge in [0.1, 0.15) is 12.4 Å². The quantitative estimate of drug-likeness (QED) is 0.609. The second kappa shape index (κ2) is 10.4. The molecular weight excluding hydrogens is 464 g/mol. The predicted octanol–water partition coefficient (Wildman–Crippen LogP) is 4.63. The van der Waals surface area contributed by atoms with Crippen LogP contribution in [-0.4, -0.2) is 51.0 Å². The van der Waals surface area contributed by atoms with Crippen molar-refractivity contribution < 1.29 is 22.7 Å². The normalized spacial score (nSPS) is 19.4. The molecule has 1 N–H and O–H groups in total. The molecule has 2 fully saturated rings. The van der Waals surface area contributed by atoms with Crippen LogP contribution in [0.4, 0.5) is 5.69 Å². The molecule has 9 heteroatoms. The van der Waals surface area contributed by atoms with E-state index in [4.69, 9.17) is 21.1 Å². The Hall–Kier alpha value is -2.13. The molecule has 0 saturated carbocycles. The first-order chi connectivity index (χ1) is 15.8. The number of carbonyl (C=O) groups is 1. The molecular formula is C24H29ClN2O5S. The van der Waals surface area contributed by atoms with Crippen LogP contribution in [0.2, 0.25) is 5.02 Å². The number of hydrogen-bond acceptors (Lipinski definition) is 5. The monoisotopic (exact) mass is 492 g/mol. The van der Waals surface area contributed by atoms with Gasteiger partial charge in [-0.05, 0) is 68.5 Å². The SMILES string of the molecule is Cc1ccc(S(=O)(=O)N2CCCCC2)cc1C(=O)Nc1cc(Cl)ccc1OCC1CCCO1. The van der Waals surface area contributed by atoms with E-state index in [1.807, 2.05) is 0 Å². The van der Waals surface area contributed by atoms with Crippen molar-refractivity contribution in [2.24, 2.45) is 0 Å². The number of aryl methyl sites for hydroxylation is 1. The molecule has 2 aromatic carbocycles. The van der Waals surface area contributed by atoms with Gasteiger partial charge in [0, 0.05) is 30.3 Å². The third kappa shape index (κ3) is 5.69. The number of anilines is 1. The Balaban J connectivity index is 1.55. The molecule has 1 atom stereocenters. The summed E-state index contributed by atoms with van der Waals surface area (Å²) in [5.41, 5.74) is 1.39. The van der Waals surface area contributed by atoms with Crippen molar-refractivity contribution in [1.29, 1.82) is 0 Å². The van der Waals surface area contributed by atoms with Gasteiger partial charge >= 0.3 is 0 Å². The van der Waals surface area contributed by atoms with Crippen LogP contribution in [0, 0.1) is 6.92 Å². The van der Waals surface area contributed by atoms with Gasteiger partial charge in [-0.1, -0.05) is 24.1 Å². The van der Waals surface area contributed by atoms with E-state index in [-0.39, 0.29) is 16.6 Å². The van der Waals surface area contributed by atoms with Crippen molar-refractivity contribution in [2.45, 2.75) is 50.0 Å². The summed E-state index contributed by atoms with van der Waals surface area (Å²) in [4.78, 5) is 13.3. The molecule has 7 nitrogen and oxygen atoms in total. The third-order valence-electron chi connectivity index (χ3n) is 6.04. The van der Waals surface area contributed by atoms with Crippen LogP contribution < -0.4 is 10.1 Å². The van der Waals surface area contributed by atoms with Gasteiger partial charge in [-0.2, -0.15) is 4.31 Å². The van der Waals surface area contributed by atoms with Crippen LogP contribution in [0.25, 0.3) is 0 Å². The zero-order chi connectivity index (χ0) is 23.4. The summed E-state index contributed by atoms with van der Waals surface area (Å²) >= 11 is 6.16. The van der Waals surface area contributed by atoms with Gasteiger partial charge in [0.2, 0.25) is 10.0 Å². The first-order valence-electron chi connectivity index (χ1n) is 11.3. The topological polar surface area (TPSA) is 84.9 Å². The minimum absolute atomic E-state index is 0.0307. The van der Waals surface area contributed by atoms with Crippen LogP contribution in [0.3, 0.4) is 0 Å². The average Bonchev–Trinajstić information content (AvgIpc) is 3.33. The average molecular weight is 493 g/mol. The van der Waals surface area contributed by atoms with Crippen molar-refractivity contribution in [3.8, 4) is 5.75 Å². The molecule has 178 valence electrons. The number of sulfonamides is 1. The fourth-order valence-corrected chi connectivity index (χ4v) is 5.85. The molecule has 2 heterocycles. The number of halogens is 1. The molecule has 2 saturated heterocycles. The van der Waals surface area contributed by atoms with E-state index < -0.39 is 15.9 Å². The minimum Gasteiger partial charge on any atom is -0.489 e. The highest BCUT2D eigenvalue weighted by Crippen LogP contribution is 2.30. The zero-order valence-corrected chi connectivity index (χ0v) is 20.3. The Bertz CT molecular complexity index is 1110. The van der Waals surface area contributed by atoms with E-state index in [0.29, 0.717) is 41.7 Å². The van der Waals surface area contributed by atoms with Crippen LogP contribution in [0.15, 0.2) is 41.3 Å². The van der Waals surface area contributed by atoms with Crippen molar-refractivity contribution in [3.63, 3.8) is 0 Å². The molecule has 2 aromatic rings. The number of ether oxygens (including phenoxy) is 2. The van der Waals surface area contributed by atoms with Crippen molar-refractivity contribution in [3.05, 3.63) is 52.5 Å². The third-order valence-corrected chi connectivity index (χ3v) is 8.17. The van der Waals surface area contributed by atoms with E-state index in [2.05, 4.69) is 5.32 Å². The van der Waals surface area contributed by atoms with Gasteiger partial charge < -0.3 is 14.8 Å². The molecule has 0 bridgehead atoms. The number of carbonyl (C=O) groups excluding carboxylic acids is 1. The van der Waals surface area contributed by atoms with E-state index in [9.17, 15) is 13.2 Å². The summed E-state index contributed by atoms with van der Waals surface area (Å²) in [5, 5.41) is 3.30. The second-order valence-corrected chi connectivity index (χ2v) is 10.9. The lowest BCUT2D eigenvalue weighted by Crippen LogP contribution is -2.35. The summed E-state index contributed by atoms with van der Waals surface area (Å²) < 4.78 is 39.2. The summed E-state index contributed by atoms with van der Waals surface area (Å²) in [6.07, 6.45) is 4.71. The molecule has 33 heavy (non-hydrogen) atoms. The van der Waals surface area contributed by atoms with Crippen molar-refractivity contribution in [1.82, 2.24) is 4.31 Å². The van der Waals surface area contributed by atoms with Gasteiger partial charge in [-0.15, -0.1) is 0 Å². The summed E-state index contributed by atoms with van der Waals surface area (Å²) in [6.45, 7) is 3.90. The Kier molecular flexibility index (Phi) is 7.58. The van der Waals surface area contributed by atoms with Gasteiger partial charge in [0.05, 0.1) is 16.7 Å². The Morgan fingerprint density at radius 2 is 1.94 bits per heavy atom. The Morgan fingerprint density at radius 1 is 1.15 bits per heavy atom. The number of nitrogens with one attached hydrogen (secondary N) is 1. The molecule has 4 rings (SSSR count). The number of amides is 1. The van der Waals surface area contributed by atoms with Crippen LogP contribution in [0.1, 0.15) is 48.0 Å². The second-order valence-electron chi connectivity index (χ2n) is 8.48. The number of nitrogens with zero attached hydrogens (tertiary/aromatic N) is 1. The molecule has 2 aliphatic heterocycles. The maximum Gasteiger partial charge on any atom is 0.256 e. The highest BCUT2D eigenvalue weighted by Gasteiger charge is 2.27. The minimum atomic E-state index is -3.65. The fourth-order valence-electron chi connectivity index (χ4n) is 4.13. The summed E-state index contributed by atoms with van der Waals surface area (Å²) in [6, 6.07) is 9.69. The molecule has 1 amide bonds. The van der Waals surface area contributed by atoms with E-state index in [1.54, 1.807) is 37.3 Å². The van der Waals surface area contributed by atoms with Crippen LogP contribution >= 0.6 is 11.6 Å². The van der Waals surface area contributed by atoms with E-state index in [1.165, 1.54) is 10.4 Å². The first-order valence-corrected chi connectivity index (χ1v) is 13.1. The van der Waals surface area contributed by atoms with Crippen LogP contribution in [-0.2, 0) is 14.8 Å². The van der Waals surface area contributed by atoms with E-state index in [0.717, 1.165) is 38.7 Å². The molecule has 0 radical (unpaired) electrons. The maximum absolute atomic E-state index is 13.2. The number of rotatable bonds is 7. The Labute approximate surface area is 200 Å². The van der Waals surface area contributed by atoms with Crippen molar-refractivity contribution >= 4 is 33.2 Å². The fraction of sp³-hybridized carbons (Fsp3) is 0.458. The predicted molar refractivity (Wildman–Crippen MR) is 128 cm³/mol. The highest BCUT2D eigenvalue weighted by molar-refractivity contribution is 7.89. The number of hydrogen-bond donors (Lipinski definition) is 1. The number of benzene rings is 2. The highest BCUT2D eigenvalue weighted by atomic mass is 35.5. The lowest BCUT2D eigenvalue weighted by atomic mass is 10.1. The molecule has 2 aliphatic rings. The molecule has 1 unspecified atom stereocenters. The van der Waals surface area contributed by atoms with E-state index >= 15 is 0 Å². The molecule has 0 aromatic heterocycles. The smallest absolute Gasteiger partial charge is 0.256 e. The van der Waals surface area contributed by atoms with Crippen LogP contribution in [0.5, 0.6) is 5.75 Å². The first kappa shape index (κ1) is 24.0. The summed E-state index contributed by atoms with van der Waals surface area (Å²) in [7, 11) is -3.65. The lowest BCUT2D eigenvalue weighted by molar-refractivity contribution is 0.0682. The van der Waals surface area contributed by atoms with Gasteiger partial charge in [-0.3, -0.25) is 4.79 Å². The number of piperidine rings is 1.